The number of carbonyl (C=O) groups excluding carboxylic acids is 3. The zero-order chi connectivity index (χ0) is 18.8. The number of hydrogen-bond acceptors (Lipinski definition) is 5. The van der Waals surface area contributed by atoms with Crippen molar-refractivity contribution >= 4 is 23.5 Å². The highest BCUT2D eigenvalue weighted by molar-refractivity contribution is 5.95. The number of rotatable bonds is 8. The van der Waals surface area contributed by atoms with E-state index in [-0.39, 0.29) is 31.4 Å². The summed E-state index contributed by atoms with van der Waals surface area (Å²) < 4.78 is 10.0. The second-order valence-corrected chi connectivity index (χ2v) is 5.31. The molecule has 0 saturated carbocycles. The third-order valence-electron chi connectivity index (χ3n) is 3.38. The normalized spacial score (nSPS) is 9.88. The first-order valence-electron chi connectivity index (χ1n) is 8.01. The second kappa shape index (κ2) is 9.83. The van der Waals surface area contributed by atoms with Gasteiger partial charge in [0.15, 0.2) is 0 Å². The van der Waals surface area contributed by atoms with Gasteiger partial charge in [0.1, 0.15) is 5.75 Å². The van der Waals surface area contributed by atoms with Gasteiger partial charge in [0.2, 0.25) is 11.8 Å². The summed E-state index contributed by atoms with van der Waals surface area (Å²) >= 11 is 0. The molecular weight excluding hydrogens is 336 g/mol. The number of hydrogen-bond donors (Lipinski definition) is 2. The van der Waals surface area contributed by atoms with Crippen molar-refractivity contribution in [3.63, 3.8) is 0 Å². The lowest BCUT2D eigenvalue weighted by Crippen LogP contribution is -2.33. The van der Waals surface area contributed by atoms with Crippen LogP contribution in [0.3, 0.4) is 0 Å². The number of ether oxygens (including phenoxy) is 2. The molecule has 26 heavy (non-hydrogen) atoms. The maximum Gasteiger partial charge on any atom is 0.337 e. The van der Waals surface area contributed by atoms with E-state index in [4.69, 9.17) is 4.74 Å². The van der Waals surface area contributed by atoms with E-state index in [1.165, 1.54) is 7.11 Å². The number of benzene rings is 2. The van der Waals surface area contributed by atoms with Crippen LogP contribution >= 0.6 is 0 Å². The molecule has 0 bridgehead atoms. The number of esters is 1. The van der Waals surface area contributed by atoms with Crippen LogP contribution in [-0.2, 0) is 14.3 Å². The topological polar surface area (TPSA) is 93.7 Å². The fourth-order valence-electron chi connectivity index (χ4n) is 2.06. The number of amides is 2. The molecule has 7 heteroatoms. The maximum absolute atomic E-state index is 11.8. The first-order valence-corrected chi connectivity index (χ1v) is 8.01. The van der Waals surface area contributed by atoms with Crippen LogP contribution in [0.15, 0.2) is 54.6 Å². The van der Waals surface area contributed by atoms with Gasteiger partial charge < -0.3 is 20.1 Å². The van der Waals surface area contributed by atoms with Crippen LogP contribution < -0.4 is 15.4 Å². The standard InChI is InChI=1S/C19H20N2O5/c1-25-19(24)14-7-9-15(10-8-14)21-18(23)13-20-17(22)11-12-26-16-5-3-2-4-6-16/h2-10H,11-13H2,1H3,(H,20,22)(H,21,23). The van der Waals surface area contributed by atoms with Crippen molar-refractivity contribution in [3.05, 3.63) is 60.2 Å². The van der Waals surface area contributed by atoms with Crippen molar-refractivity contribution in [3.8, 4) is 5.75 Å². The van der Waals surface area contributed by atoms with E-state index in [2.05, 4.69) is 15.4 Å². The number of para-hydroxylation sites is 1. The molecule has 0 aromatic heterocycles. The Bertz CT molecular complexity index is 744. The molecule has 0 spiro atoms. The van der Waals surface area contributed by atoms with E-state index in [9.17, 15) is 14.4 Å². The van der Waals surface area contributed by atoms with Crippen molar-refractivity contribution < 1.29 is 23.9 Å². The molecule has 136 valence electrons. The molecule has 2 N–H and O–H groups in total. The van der Waals surface area contributed by atoms with E-state index in [0.717, 1.165) is 0 Å². The number of anilines is 1. The summed E-state index contributed by atoms with van der Waals surface area (Å²) in [6.45, 7) is 0.0787. The largest absolute Gasteiger partial charge is 0.493 e. The Labute approximate surface area is 151 Å². The maximum atomic E-state index is 11.8. The molecule has 2 rings (SSSR count). The lowest BCUT2D eigenvalue weighted by atomic mass is 10.2. The monoisotopic (exact) mass is 356 g/mol. The van der Waals surface area contributed by atoms with Gasteiger partial charge in [-0.3, -0.25) is 9.59 Å². The van der Waals surface area contributed by atoms with Crippen LogP contribution in [0.2, 0.25) is 0 Å². The summed E-state index contributed by atoms with van der Waals surface area (Å²) in [5.74, 6) is -0.411. The van der Waals surface area contributed by atoms with Crippen molar-refractivity contribution in [2.45, 2.75) is 6.42 Å². The van der Waals surface area contributed by atoms with Gasteiger partial charge in [-0.05, 0) is 36.4 Å². The molecule has 0 saturated heterocycles. The molecule has 2 aromatic rings. The Morgan fingerprint density at radius 2 is 1.62 bits per heavy atom. The average molecular weight is 356 g/mol. The van der Waals surface area contributed by atoms with Crippen LogP contribution in [0.25, 0.3) is 0 Å². The third-order valence-corrected chi connectivity index (χ3v) is 3.38. The predicted molar refractivity (Wildman–Crippen MR) is 96.0 cm³/mol. The molecule has 0 fully saturated rings. The Morgan fingerprint density at radius 1 is 0.923 bits per heavy atom. The smallest absolute Gasteiger partial charge is 0.337 e. The summed E-state index contributed by atoms with van der Waals surface area (Å²) in [6.07, 6.45) is 0.149. The van der Waals surface area contributed by atoms with E-state index < -0.39 is 5.97 Å². The SMILES string of the molecule is COC(=O)c1ccc(NC(=O)CNC(=O)CCOc2ccccc2)cc1. The Hall–Kier alpha value is -3.35. The van der Waals surface area contributed by atoms with Gasteiger partial charge >= 0.3 is 5.97 Å². The molecular formula is C19H20N2O5. The minimum atomic E-state index is -0.451. The molecule has 2 amide bonds. The summed E-state index contributed by atoms with van der Waals surface area (Å²) in [7, 11) is 1.30. The first-order chi connectivity index (χ1) is 12.6. The Morgan fingerprint density at radius 3 is 2.27 bits per heavy atom. The molecule has 2 aromatic carbocycles. The second-order valence-electron chi connectivity index (χ2n) is 5.31. The van der Waals surface area contributed by atoms with Gasteiger partial charge in [-0.1, -0.05) is 18.2 Å². The number of nitrogens with one attached hydrogen (secondary N) is 2. The fraction of sp³-hybridized carbons (Fsp3) is 0.211. The van der Waals surface area contributed by atoms with Crippen LogP contribution in [-0.4, -0.2) is 38.0 Å². The predicted octanol–water partition coefficient (Wildman–Crippen LogP) is 2.00. The third kappa shape index (κ3) is 6.27. The molecule has 0 heterocycles. The van der Waals surface area contributed by atoms with Gasteiger partial charge in [0.25, 0.3) is 0 Å². The lowest BCUT2D eigenvalue weighted by molar-refractivity contribution is -0.124. The van der Waals surface area contributed by atoms with Gasteiger partial charge in [0, 0.05) is 5.69 Å². The lowest BCUT2D eigenvalue weighted by Gasteiger charge is -2.08. The van der Waals surface area contributed by atoms with Gasteiger partial charge in [-0.2, -0.15) is 0 Å². The van der Waals surface area contributed by atoms with Crippen LogP contribution in [0, 0.1) is 0 Å². The molecule has 7 nitrogen and oxygen atoms in total. The van der Waals surface area contributed by atoms with Gasteiger partial charge in [0.05, 0.1) is 32.2 Å². The van der Waals surface area contributed by atoms with Crippen LogP contribution in [0.1, 0.15) is 16.8 Å². The Balaban J connectivity index is 1.67. The van der Waals surface area contributed by atoms with E-state index >= 15 is 0 Å². The van der Waals surface area contributed by atoms with E-state index in [1.807, 2.05) is 18.2 Å². The zero-order valence-corrected chi connectivity index (χ0v) is 14.4. The average Bonchev–Trinajstić information content (AvgIpc) is 2.67. The van der Waals surface area contributed by atoms with E-state index in [0.29, 0.717) is 17.0 Å². The minimum absolute atomic E-state index is 0.149. The van der Waals surface area contributed by atoms with Crippen LogP contribution in [0.5, 0.6) is 5.75 Å². The van der Waals surface area contributed by atoms with Crippen molar-refractivity contribution in [2.75, 3.05) is 25.6 Å². The molecule has 0 atom stereocenters. The molecule has 0 aliphatic rings. The minimum Gasteiger partial charge on any atom is -0.493 e. The molecule has 0 unspecified atom stereocenters. The summed E-state index contributed by atoms with van der Waals surface area (Å²) in [4.78, 5) is 34.9. The zero-order valence-electron chi connectivity index (χ0n) is 14.4. The van der Waals surface area contributed by atoms with Gasteiger partial charge in [-0.15, -0.1) is 0 Å². The summed E-state index contributed by atoms with van der Waals surface area (Å²) in [5, 5.41) is 5.15. The van der Waals surface area contributed by atoms with Crippen molar-refractivity contribution in [1.82, 2.24) is 5.32 Å². The Kier molecular flexibility index (Phi) is 7.17. The fourth-order valence-corrected chi connectivity index (χ4v) is 2.06. The molecule has 0 radical (unpaired) electrons. The highest BCUT2D eigenvalue weighted by atomic mass is 16.5. The van der Waals surface area contributed by atoms with Gasteiger partial charge in [-0.25, -0.2) is 4.79 Å². The number of carbonyl (C=O) groups is 3. The highest BCUT2D eigenvalue weighted by Gasteiger charge is 2.08. The van der Waals surface area contributed by atoms with Crippen LogP contribution in [0.4, 0.5) is 5.69 Å². The summed E-state index contributed by atoms with van der Waals surface area (Å²) in [5.41, 5.74) is 0.904. The summed E-state index contributed by atoms with van der Waals surface area (Å²) in [6, 6.07) is 15.4. The molecule has 0 aliphatic heterocycles. The van der Waals surface area contributed by atoms with Crippen molar-refractivity contribution in [2.24, 2.45) is 0 Å². The van der Waals surface area contributed by atoms with E-state index in [1.54, 1.807) is 36.4 Å². The quantitative estimate of drug-likeness (QED) is 0.706. The first kappa shape index (κ1) is 19.0. The molecule has 0 aliphatic carbocycles. The number of methoxy groups -OCH3 is 1. The highest BCUT2D eigenvalue weighted by Crippen LogP contribution is 2.10. The van der Waals surface area contributed by atoms with Crippen molar-refractivity contribution in [1.29, 1.82) is 0 Å².